The summed E-state index contributed by atoms with van der Waals surface area (Å²) in [5.74, 6) is -9.80. The van der Waals surface area contributed by atoms with Crippen LogP contribution in [0, 0.1) is 5.92 Å². The van der Waals surface area contributed by atoms with Gasteiger partial charge in [0.25, 0.3) is 0 Å². The zero-order chi connectivity index (χ0) is 70.1. The molecule has 0 bridgehead atoms. The minimum absolute atomic E-state index is 0.0736. The number of unbranched alkanes of at least 4 members (excludes halogenated alkanes) is 1. The SMILES string of the molecule is CSCC[C@H](NC(=O)[C@@H](CC(C)C)NC(=O)CNC(=O)[C@H](Cc1ccccc1)NC(=O)[C@@H](Cc1ccccc1)NC(=O)[C@H](CCC(N)=O)NC(=O)[C@H](CCC(N)=O)NC(=O)[C@@H]1CCCN1C(=O)[C@@H](CCCCN)NC(=O)[C@H]1CCCN1C(=O)[C@@H](N)CCCN=C(N)N)C(N)=O. The van der Waals surface area contributed by atoms with Crippen LogP contribution in [0.25, 0.3) is 0 Å². The Kier molecular flexibility index (Phi) is 33.9. The van der Waals surface area contributed by atoms with E-state index in [1.165, 1.54) is 21.6 Å². The molecule has 524 valence electrons. The number of carbonyl (C=O) groups excluding carboxylic acids is 13. The average Bonchev–Trinajstić information content (AvgIpc) is 1.74. The highest BCUT2D eigenvalue weighted by molar-refractivity contribution is 7.98. The third kappa shape index (κ3) is 27.5. The molecule has 2 aliphatic rings. The van der Waals surface area contributed by atoms with Gasteiger partial charge in [-0.3, -0.25) is 67.3 Å². The first kappa shape index (κ1) is 78.5. The number of rotatable bonds is 42. The fourth-order valence-electron chi connectivity index (χ4n) is 11.0. The van der Waals surface area contributed by atoms with E-state index in [-0.39, 0.29) is 83.0 Å². The van der Waals surface area contributed by atoms with Crippen molar-refractivity contribution < 1.29 is 62.3 Å². The Bertz CT molecular complexity index is 2960. The molecule has 2 aromatic carbocycles. The van der Waals surface area contributed by atoms with Gasteiger partial charge < -0.3 is 92.5 Å². The van der Waals surface area contributed by atoms with Crippen molar-refractivity contribution in [1.82, 2.24) is 52.3 Å². The molecule has 0 spiro atoms. The first-order valence-electron chi connectivity index (χ1n) is 32.2. The van der Waals surface area contributed by atoms with E-state index in [2.05, 4.69) is 47.5 Å². The highest BCUT2D eigenvalue weighted by Gasteiger charge is 2.42. The van der Waals surface area contributed by atoms with Gasteiger partial charge in [0.15, 0.2) is 5.96 Å². The monoisotopic (exact) mass is 1350 g/mol. The third-order valence-corrected chi connectivity index (χ3v) is 16.7. The molecule has 31 nitrogen and oxygen atoms in total. The van der Waals surface area contributed by atoms with Gasteiger partial charge in [0, 0.05) is 45.3 Å². The van der Waals surface area contributed by atoms with Crippen LogP contribution in [-0.4, -0.2) is 198 Å². The maximum atomic E-state index is 14.7. The van der Waals surface area contributed by atoms with Crippen molar-refractivity contribution in [3.05, 3.63) is 71.8 Å². The average molecular weight is 1350 g/mol. The quantitative estimate of drug-likeness (QED) is 0.0173. The number of hydrogen-bond acceptors (Lipinski definition) is 17. The van der Waals surface area contributed by atoms with Crippen molar-refractivity contribution in [3.8, 4) is 0 Å². The molecule has 32 heteroatoms. The fraction of sp³-hybridized carbons (Fsp3) is 0.587. The topological polar surface area (TPSA) is 519 Å². The lowest BCUT2D eigenvalue weighted by Gasteiger charge is -2.32. The van der Waals surface area contributed by atoms with Gasteiger partial charge in [-0.2, -0.15) is 11.8 Å². The van der Waals surface area contributed by atoms with Gasteiger partial charge >= 0.3 is 0 Å². The van der Waals surface area contributed by atoms with Gasteiger partial charge in [-0.25, -0.2) is 0 Å². The molecule has 2 saturated heterocycles. The lowest BCUT2D eigenvalue weighted by atomic mass is 10.0. The van der Waals surface area contributed by atoms with Gasteiger partial charge in [-0.15, -0.1) is 0 Å². The smallest absolute Gasteiger partial charge is 0.245 e. The molecule has 4 rings (SSSR count). The minimum Gasteiger partial charge on any atom is -0.370 e. The zero-order valence-corrected chi connectivity index (χ0v) is 55.3. The Morgan fingerprint density at radius 3 is 1.51 bits per heavy atom. The van der Waals surface area contributed by atoms with Crippen molar-refractivity contribution >= 4 is 94.5 Å². The van der Waals surface area contributed by atoms with Crippen molar-refractivity contribution in [3.63, 3.8) is 0 Å². The van der Waals surface area contributed by atoms with Gasteiger partial charge in [0.2, 0.25) is 76.8 Å². The predicted molar refractivity (Wildman–Crippen MR) is 356 cm³/mol. The fourth-order valence-corrected chi connectivity index (χ4v) is 11.5. The number of thioether (sulfide) groups is 1. The maximum Gasteiger partial charge on any atom is 0.245 e. The standard InChI is InChI=1S/C63H98N18O13S/c1-37(2)33-45(57(89)74-41(53(68)85)27-32-95-3)73-52(84)36-72-54(86)46(34-38-15-6-4-7-16-38)78-58(90)47(35-39-17-8-5-9-18-39)79-56(88)42(23-25-50(66)82)75-55(87)43(24-26-51(67)83)76-59(91)49-22-14-31-81(49)62(94)44(20-10-11-28-64)77-60(92)48-21-13-30-80(48)61(93)40(65)19-12-29-71-63(69)70/h4-9,15-18,37,40-49H,10-14,19-36,64-65H2,1-3H3,(H2,66,82)(H2,67,83)(H2,68,85)(H,72,86)(H,73,84)(H,74,89)(H,75,87)(H,76,91)(H,77,92)(H,78,90)(H,79,88)(H4,69,70,71)/t40-,41-,42-,43-,44+,45+,46-,47+,48+,49-/m0/s1. The summed E-state index contributed by atoms with van der Waals surface area (Å²) in [6, 6.07) is 4.51. The van der Waals surface area contributed by atoms with Crippen LogP contribution in [0.5, 0.6) is 0 Å². The van der Waals surface area contributed by atoms with E-state index in [0.29, 0.717) is 55.4 Å². The molecule has 2 aromatic rings. The second-order valence-electron chi connectivity index (χ2n) is 24.1. The van der Waals surface area contributed by atoms with Gasteiger partial charge in [0.1, 0.15) is 54.4 Å². The molecule has 13 amide bonds. The number of nitrogens with two attached hydrogens (primary N) is 7. The van der Waals surface area contributed by atoms with Crippen LogP contribution in [0.3, 0.4) is 0 Å². The Hall–Kier alpha value is -8.91. The van der Waals surface area contributed by atoms with E-state index in [0.717, 1.165) is 0 Å². The lowest BCUT2D eigenvalue weighted by molar-refractivity contribution is -0.144. The van der Waals surface area contributed by atoms with Crippen molar-refractivity contribution in [2.24, 2.45) is 51.0 Å². The normalized spacial score (nSPS) is 16.8. The highest BCUT2D eigenvalue weighted by Crippen LogP contribution is 2.24. The number of nitrogens with one attached hydrogen (secondary N) is 8. The van der Waals surface area contributed by atoms with Gasteiger partial charge in [-0.05, 0) is 119 Å². The van der Waals surface area contributed by atoms with Crippen molar-refractivity contribution in [1.29, 1.82) is 0 Å². The van der Waals surface area contributed by atoms with E-state index in [1.54, 1.807) is 60.7 Å². The molecule has 0 aromatic heterocycles. The summed E-state index contributed by atoms with van der Waals surface area (Å²) in [4.78, 5) is 185. The number of likely N-dealkylation sites (tertiary alicyclic amines) is 2. The summed E-state index contributed by atoms with van der Waals surface area (Å²) in [6.45, 7) is 3.86. The molecule has 95 heavy (non-hydrogen) atoms. The number of nitrogens with zero attached hydrogens (tertiary/aromatic N) is 3. The molecule has 22 N–H and O–H groups in total. The first-order valence-corrected chi connectivity index (χ1v) is 33.6. The molecule has 2 fully saturated rings. The van der Waals surface area contributed by atoms with Crippen LogP contribution in [0.4, 0.5) is 0 Å². The van der Waals surface area contributed by atoms with Gasteiger partial charge in [0.05, 0.1) is 12.6 Å². The van der Waals surface area contributed by atoms with Crippen molar-refractivity contribution in [2.75, 3.05) is 44.7 Å². The molecule has 10 atom stereocenters. The molecule has 2 aliphatic heterocycles. The molecule has 0 unspecified atom stereocenters. The molecular weight excluding hydrogens is 1250 g/mol. The van der Waals surface area contributed by atoms with E-state index in [9.17, 15) is 62.3 Å². The number of aliphatic imine (C=N–C) groups is 1. The van der Waals surface area contributed by atoms with E-state index >= 15 is 0 Å². The number of amides is 13. The molecule has 0 saturated carbocycles. The van der Waals surface area contributed by atoms with Crippen LogP contribution in [0.15, 0.2) is 65.7 Å². The van der Waals surface area contributed by atoms with Crippen molar-refractivity contribution in [2.45, 2.75) is 183 Å². The third-order valence-electron chi connectivity index (χ3n) is 16.0. The predicted octanol–water partition coefficient (Wildman–Crippen LogP) is -3.71. The van der Waals surface area contributed by atoms with E-state index in [4.69, 9.17) is 40.1 Å². The number of benzene rings is 2. The largest absolute Gasteiger partial charge is 0.370 e. The molecule has 2 heterocycles. The minimum atomic E-state index is -1.64. The Morgan fingerprint density at radius 2 is 1.01 bits per heavy atom. The van der Waals surface area contributed by atoms with E-state index < -0.39 is 169 Å². The summed E-state index contributed by atoms with van der Waals surface area (Å²) in [5, 5.41) is 21.1. The summed E-state index contributed by atoms with van der Waals surface area (Å²) >= 11 is 1.45. The van der Waals surface area contributed by atoms with Crippen LogP contribution in [0.1, 0.15) is 121 Å². The second kappa shape index (κ2) is 41.0. The van der Waals surface area contributed by atoms with Crippen LogP contribution >= 0.6 is 11.8 Å². The Balaban J connectivity index is 1.56. The number of primary amides is 3. The highest BCUT2D eigenvalue weighted by atomic mass is 32.2. The summed E-state index contributed by atoms with van der Waals surface area (Å²) in [6.07, 6.45) is 3.12. The van der Waals surface area contributed by atoms with Gasteiger partial charge in [-0.1, -0.05) is 74.5 Å². The lowest BCUT2D eigenvalue weighted by Crippen LogP contribution is -2.60. The maximum absolute atomic E-state index is 14.7. The van der Waals surface area contributed by atoms with E-state index in [1.807, 2.05) is 20.1 Å². The summed E-state index contributed by atoms with van der Waals surface area (Å²) in [7, 11) is 0. The molecular formula is C63H98N18O13S. The number of carbonyl (C=O) groups is 13. The number of hydrogen-bond donors (Lipinski definition) is 15. The Morgan fingerprint density at radius 1 is 0.537 bits per heavy atom. The van der Waals surface area contributed by atoms with Crippen LogP contribution in [-0.2, 0) is 75.2 Å². The number of guanidine groups is 1. The second-order valence-corrected chi connectivity index (χ2v) is 25.1. The molecule has 0 aliphatic carbocycles. The zero-order valence-electron chi connectivity index (χ0n) is 54.5. The Labute approximate surface area is 558 Å². The van der Waals surface area contributed by atoms with Crippen LogP contribution in [0.2, 0.25) is 0 Å². The first-order chi connectivity index (χ1) is 45.2. The summed E-state index contributed by atoms with van der Waals surface area (Å²) < 4.78 is 0. The molecule has 0 radical (unpaired) electrons. The summed E-state index contributed by atoms with van der Waals surface area (Å²) in [5.41, 5.74) is 40.6. The van der Waals surface area contributed by atoms with Crippen LogP contribution < -0.4 is 82.7 Å².